The first-order chi connectivity index (χ1) is 15.4. The average molecular weight is 431 g/mol. The molecule has 1 N–H and O–H groups in total. The number of likely N-dealkylation sites (tertiary alicyclic amines) is 1. The number of rotatable bonds is 4. The van der Waals surface area contributed by atoms with Gasteiger partial charge in [0.25, 0.3) is 0 Å². The quantitative estimate of drug-likeness (QED) is 0.686. The van der Waals surface area contributed by atoms with Gasteiger partial charge < -0.3 is 15.0 Å². The van der Waals surface area contributed by atoms with Crippen LogP contribution in [0.4, 0.5) is 5.69 Å². The number of hydrogen-bond donors (Lipinski definition) is 1. The highest BCUT2D eigenvalue weighted by molar-refractivity contribution is 6.07. The lowest BCUT2D eigenvalue weighted by atomic mass is 9.72. The molecule has 1 saturated heterocycles. The smallest absolute Gasteiger partial charge is 0.244 e. The number of para-hydroxylation sites is 1. The molecule has 8 heteroatoms. The third kappa shape index (κ3) is 2.97. The Morgan fingerprint density at radius 1 is 1.22 bits per heavy atom. The molecule has 0 aliphatic carbocycles. The number of aryl methyl sites for hydroxylation is 2. The van der Waals surface area contributed by atoms with Crippen molar-refractivity contribution >= 4 is 17.5 Å². The maximum Gasteiger partial charge on any atom is 0.244 e. The van der Waals surface area contributed by atoms with Gasteiger partial charge in [-0.25, -0.2) is 9.67 Å². The van der Waals surface area contributed by atoms with Crippen LogP contribution in [0.1, 0.15) is 35.2 Å². The third-order valence-corrected chi connectivity index (χ3v) is 6.56. The number of ether oxygens (including phenoxy) is 1. The van der Waals surface area contributed by atoms with Gasteiger partial charge in [-0.1, -0.05) is 30.3 Å². The number of methoxy groups -OCH3 is 1. The van der Waals surface area contributed by atoms with Crippen molar-refractivity contribution in [1.29, 1.82) is 0 Å². The SMILES string of the molecule is COc1cccc([C@@H]2N(C(=O)Cn3nc(C)nc3C)CC[C@]23C(=O)Nc2ccccc23)c1. The molecule has 2 atom stereocenters. The molecule has 164 valence electrons. The summed E-state index contributed by atoms with van der Waals surface area (Å²) in [6, 6.07) is 14.9. The van der Waals surface area contributed by atoms with Gasteiger partial charge in [0.1, 0.15) is 29.4 Å². The van der Waals surface area contributed by atoms with Crippen LogP contribution in [-0.4, -0.2) is 45.1 Å². The van der Waals surface area contributed by atoms with Crippen molar-refractivity contribution in [3.63, 3.8) is 0 Å². The minimum absolute atomic E-state index is 0.0744. The molecule has 2 aromatic carbocycles. The van der Waals surface area contributed by atoms with Gasteiger partial charge >= 0.3 is 0 Å². The third-order valence-electron chi connectivity index (χ3n) is 6.56. The first kappa shape index (κ1) is 20.2. The Labute approximate surface area is 186 Å². The average Bonchev–Trinajstić information content (AvgIpc) is 3.43. The Balaban J connectivity index is 1.61. The number of amides is 2. The summed E-state index contributed by atoms with van der Waals surface area (Å²) in [5.41, 5.74) is 1.75. The van der Waals surface area contributed by atoms with Crippen molar-refractivity contribution < 1.29 is 14.3 Å². The second kappa shape index (κ2) is 7.47. The van der Waals surface area contributed by atoms with E-state index in [1.807, 2.05) is 60.4 Å². The number of nitrogens with one attached hydrogen (secondary N) is 1. The first-order valence-corrected chi connectivity index (χ1v) is 10.7. The van der Waals surface area contributed by atoms with E-state index in [9.17, 15) is 9.59 Å². The van der Waals surface area contributed by atoms with Crippen LogP contribution in [0.5, 0.6) is 5.75 Å². The van der Waals surface area contributed by atoms with Crippen LogP contribution in [0.25, 0.3) is 0 Å². The van der Waals surface area contributed by atoms with Gasteiger partial charge in [-0.05, 0) is 49.6 Å². The largest absolute Gasteiger partial charge is 0.497 e. The van der Waals surface area contributed by atoms with Gasteiger partial charge in [-0.2, -0.15) is 5.10 Å². The highest BCUT2D eigenvalue weighted by Crippen LogP contribution is 2.54. The number of aromatic nitrogens is 3. The fourth-order valence-electron chi connectivity index (χ4n) is 5.16. The van der Waals surface area contributed by atoms with Gasteiger partial charge in [0, 0.05) is 12.2 Å². The summed E-state index contributed by atoms with van der Waals surface area (Å²) < 4.78 is 7.06. The Kier molecular flexibility index (Phi) is 4.73. The Bertz CT molecular complexity index is 1220. The van der Waals surface area contributed by atoms with Crippen molar-refractivity contribution in [3.05, 3.63) is 71.3 Å². The molecule has 0 unspecified atom stereocenters. The van der Waals surface area contributed by atoms with Gasteiger partial charge in [0.05, 0.1) is 13.2 Å². The molecule has 8 nitrogen and oxygen atoms in total. The highest BCUT2D eigenvalue weighted by atomic mass is 16.5. The molecule has 3 heterocycles. The van der Waals surface area contributed by atoms with Crippen molar-refractivity contribution in [1.82, 2.24) is 19.7 Å². The molecule has 2 aliphatic rings. The van der Waals surface area contributed by atoms with Crippen molar-refractivity contribution in [3.8, 4) is 5.75 Å². The summed E-state index contributed by atoms with van der Waals surface area (Å²) in [6.07, 6.45) is 0.541. The van der Waals surface area contributed by atoms with E-state index in [1.54, 1.807) is 18.7 Å². The summed E-state index contributed by atoms with van der Waals surface area (Å²) in [5, 5.41) is 7.39. The second-order valence-electron chi connectivity index (χ2n) is 8.35. The van der Waals surface area contributed by atoms with E-state index < -0.39 is 11.5 Å². The van der Waals surface area contributed by atoms with Crippen LogP contribution in [-0.2, 0) is 21.5 Å². The molecule has 0 bridgehead atoms. The lowest BCUT2D eigenvalue weighted by molar-refractivity contribution is -0.134. The predicted molar refractivity (Wildman–Crippen MR) is 118 cm³/mol. The van der Waals surface area contributed by atoms with Gasteiger partial charge in [0.2, 0.25) is 11.8 Å². The summed E-state index contributed by atoms with van der Waals surface area (Å²) in [4.78, 5) is 33.1. The maximum atomic E-state index is 13.5. The van der Waals surface area contributed by atoms with E-state index in [-0.39, 0.29) is 18.4 Å². The number of anilines is 1. The van der Waals surface area contributed by atoms with Crippen molar-refractivity contribution in [2.24, 2.45) is 0 Å². The van der Waals surface area contributed by atoms with E-state index in [0.29, 0.717) is 30.4 Å². The number of carbonyl (C=O) groups excluding carboxylic acids is 2. The standard InChI is InChI=1S/C24H25N5O3/c1-15-25-16(2)29(27-15)14-21(30)28-12-11-24(19-9-4-5-10-20(19)26-23(24)31)22(28)17-7-6-8-18(13-17)32-3/h4-10,13,22H,11-12,14H2,1-3H3,(H,26,31)/t22-,24+/m0/s1. The predicted octanol–water partition coefficient (Wildman–Crippen LogP) is 2.77. The molecule has 32 heavy (non-hydrogen) atoms. The topological polar surface area (TPSA) is 89.3 Å². The van der Waals surface area contributed by atoms with E-state index in [4.69, 9.17) is 4.74 Å². The molecule has 5 rings (SSSR count). The summed E-state index contributed by atoms with van der Waals surface area (Å²) in [6.45, 7) is 4.18. The number of carbonyl (C=O) groups is 2. The van der Waals surface area contributed by atoms with Crippen LogP contribution in [0.3, 0.4) is 0 Å². The number of nitrogens with zero attached hydrogens (tertiary/aromatic N) is 4. The highest BCUT2D eigenvalue weighted by Gasteiger charge is 2.59. The van der Waals surface area contributed by atoms with E-state index >= 15 is 0 Å². The molecule has 0 saturated carbocycles. The number of fused-ring (bicyclic) bond motifs is 2. The minimum atomic E-state index is -0.855. The zero-order valence-corrected chi connectivity index (χ0v) is 18.3. The molecule has 1 spiro atoms. The van der Waals surface area contributed by atoms with E-state index in [1.165, 1.54) is 0 Å². The Morgan fingerprint density at radius 2 is 2.03 bits per heavy atom. The van der Waals surface area contributed by atoms with Crippen LogP contribution in [0.2, 0.25) is 0 Å². The normalized spacial score (nSPS) is 21.7. The summed E-state index contributed by atoms with van der Waals surface area (Å²) in [5.74, 6) is 1.83. The fourth-order valence-corrected chi connectivity index (χ4v) is 5.16. The number of hydrogen-bond acceptors (Lipinski definition) is 5. The molecule has 0 radical (unpaired) electrons. The van der Waals surface area contributed by atoms with Gasteiger partial charge in [-0.3, -0.25) is 9.59 Å². The van der Waals surface area contributed by atoms with Gasteiger partial charge in [0.15, 0.2) is 0 Å². The van der Waals surface area contributed by atoms with Crippen LogP contribution < -0.4 is 10.1 Å². The fraction of sp³-hybridized carbons (Fsp3) is 0.333. The second-order valence-corrected chi connectivity index (χ2v) is 8.35. The van der Waals surface area contributed by atoms with E-state index in [0.717, 1.165) is 16.8 Å². The van der Waals surface area contributed by atoms with E-state index in [2.05, 4.69) is 15.4 Å². The lowest BCUT2D eigenvalue weighted by Gasteiger charge is -2.34. The molecular weight excluding hydrogens is 406 g/mol. The monoisotopic (exact) mass is 431 g/mol. The zero-order valence-electron chi connectivity index (χ0n) is 18.3. The number of benzene rings is 2. The summed E-state index contributed by atoms with van der Waals surface area (Å²) in [7, 11) is 1.61. The molecule has 3 aromatic rings. The first-order valence-electron chi connectivity index (χ1n) is 10.7. The van der Waals surface area contributed by atoms with Crippen molar-refractivity contribution in [2.75, 3.05) is 19.0 Å². The van der Waals surface area contributed by atoms with Crippen LogP contribution >= 0.6 is 0 Å². The molecular formula is C24H25N5O3. The molecule has 1 aromatic heterocycles. The molecule has 1 fully saturated rings. The van der Waals surface area contributed by atoms with Crippen molar-refractivity contribution in [2.45, 2.75) is 38.3 Å². The zero-order chi connectivity index (χ0) is 22.5. The maximum absolute atomic E-state index is 13.5. The Hall–Kier alpha value is -3.68. The summed E-state index contributed by atoms with van der Waals surface area (Å²) >= 11 is 0. The minimum Gasteiger partial charge on any atom is -0.497 e. The Morgan fingerprint density at radius 3 is 2.78 bits per heavy atom. The molecule has 2 amide bonds. The molecule has 2 aliphatic heterocycles. The lowest BCUT2D eigenvalue weighted by Crippen LogP contribution is -2.43. The van der Waals surface area contributed by atoms with Gasteiger partial charge in [-0.15, -0.1) is 0 Å². The van der Waals surface area contributed by atoms with Crippen LogP contribution in [0.15, 0.2) is 48.5 Å². The van der Waals surface area contributed by atoms with Crippen LogP contribution in [0, 0.1) is 13.8 Å².